The quantitative estimate of drug-likeness (QED) is 0.428. The van der Waals surface area contributed by atoms with Gasteiger partial charge in [-0.2, -0.15) is 0 Å². The van der Waals surface area contributed by atoms with E-state index in [1.54, 1.807) is 0 Å². The second-order valence-corrected chi connectivity index (χ2v) is 4.18. The lowest BCUT2D eigenvalue weighted by Crippen LogP contribution is -2.17. The maximum atomic E-state index is 10.8. The molecule has 0 aromatic heterocycles. The molecule has 0 saturated carbocycles. The van der Waals surface area contributed by atoms with Crippen molar-refractivity contribution in [3.8, 4) is 0 Å². The van der Waals surface area contributed by atoms with Gasteiger partial charge < -0.3 is 20.4 Å². The minimum Gasteiger partial charge on any atom is -0.481 e. The van der Waals surface area contributed by atoms with E-state index in [4.69, 9.17) is 20.4 Å². The lowest BCUT2D eigenvalue weighted by atomic mass is 9.98. The molecule has 0 aliphatic heterocycles. The molecule has 8 heteroatoms. The summed E-state index contributed by atoms with van der Waals surface area (Å²) in [5.74, 6) is -7.24. The fourth-order valence-electron chi connectivity index (χ4n) is 1.51. The molecular weight excluding hydrogens is 272 g/mol. The van der Waals surface area contributed by atoms with Crippen LogP contribution in [0.5, 0.6) is 0 Å². The number of allylic oxidation sites excluding steroid dienone is 1. The fourth-order valence-corrected chi connectivity index (χ4v) is 1.51. The van der Waals surface area contributed by atoms with Gasteiger partial charge in [0.15, 0.2) is 0 Å². The van der Waals surface area contributed by atoms with Crippen LogP contribution < -0.4 is 0 Å². The molecular formula is C12H16O8. The molecule has 2 atom stereocenters. The first kappa shape index (κ1) is 17.6. The van der Waals surface area contributed by atoms with Gasteiger partial charge >= 0.3 is 23.9 Å². The molecule has 8 nitrogen and oxygen atoms in total. The van der Waals surface area contributed by atoms with Gasteiger partial charge in [0.05, 0.1) is 24.7 Å². The van der Waals surface area contributed by atoms with E-state index in [-0.39, 0.29) is 12.8 Å². The Morgan fingerprint density at radius 2 is 1.40 bits per heavy atom. The summed E-state index contributed by atoms with van der Waals surface area (Å²) in [4.78, 5) is 42.4. The highest BCUT2D eigenvalue weighted by molar-refractivity contribution is 5.79. The predicted octanol–water partition coefficient (Wildman–Crippen LogP) is 0.674. The van der Waals surface area contributed by atoms with Crippen LogP contribution in [0.25, 0.3) is 0 Å². The van der Waals surface area contributed by atoms with Crippen molar-refractivity contribution in [2.75, 3.05) is 0 Å². The molecule has 0 bridgehead atoms. The lowest BCUT2D eigenvalue weighted by Gasteiger charge is -2.08. The lowest BCUT2D eigenvalue weighted by molar-refractivity contribution is -0.148. The van der Waals surface area contributed by atoms with Crippen LogP contribution in [0.15, 0.2) is 12.2 Å². The monoisotopic (exact) mass is 288 g/mol. The van der Waals surface area contributed by atoms with Gasteiger partial charge in [-0.3, -0.25) is 19.2 Å². The topological polar surface area (TPSA) is 149 Å². The number of carboxylic acids is 4. The summed E-state index contributed by atoms with van der Waals surface area (Å²) in [6.07, 6.45) is 1.66. The van der Waals surface area contributed by atoms with Crippen LogP contribution in [0, 0.1) is 11.8 Å². The molecule has 0 aromatic carbocycles. The Morgan fingerprint density at radius 1 is 0.850 bits per heavy atom. The number of carbonyl (C=O) groups is 4. The van der Waals surface area contributed by atoms with Crippen molar-refractivity contribution in [2.24, 2.45) is 11.8 Å². The number of aliphatic carboxylic acids is 4. The second kappa shape index (κ2) is 8.68. The van der Waals surface area contributed by atoms with E-state index < -0.39 is 48.6 Å². The van der Waals surface area contributed by atoms with Gasteiger partial charge in [-0.05, 0) is 12.8 Å². The minimum atomic E-state index is -1.29. The van der Waals surface area contributed by atoms with Crippen LogP contribution >= 0.6 is 0 Å². The third-order valence-corrected chi connectivity index (χ3v) is 2.53. The first-order valence-electron chi connectivity index (χ1n) is 5.80. The Labute approximate surface area is 114 Å². The highest BCUT2D eigenvalue weighted by Crippen LogP contribution is 2.14. The summed E-state index contributed by atoms with van der Waals surface area (Å²) in [5, 5.41) is 34.6. The van der Waals surface area contributed by atoms with Crippen LogP contribution in [0.4, 0.5) is 0 Å². The highest BCUT2D eigenvalue weighted by Gasteiger charge is 2.20. The Bertz CT molecular complexity index is 412. The minimum absolute atomic E-state index is 0.0392. The van der Waals surface area contributed by atoms with Crippen LogP contribution in [0.2, 0.25) is 0 Å². The zero-order chi connectivity index (χ0) is 15.7. The Balaban J connectivity index is 4.39. The summed E-state index contributed by atoms with van der Waals surface area (Å²) < 4.78 is 0. The zero-order valence-corrected chi connectivity index (χ0v) is 10.6. The second-order valence-electron chi connectivity index (χ2n) is 4.18. The van der Waals surface area contributed by atoms with Crippen LogP contribution in [0.3, 0.4) is 0 Å². The van der Waals surface area contributed by atoms with E-state index in [0.29, 0.717) is 0 Å². The largest absolute Gasteiger partial charge is 0.481 e. The van der Waals surface area contributed by atoms with Crippen molar-refractivity contribution in [2.45, 2.75) is 25.7 Å². The van der Waals surface area contributed by atoms with E-state index >= 15 is 0 Å². The number of hydrogen-bond acceptors (Lipinski definition) is 4. The van der Waals surface area contributed by atoms with Crippen molar-refractivity contribution in [3.63, 3.8) is 0 Å². The Morgan fingerprint density at radius 3 is 1.80 bits per heavy atom. The summed E-state index contributed by atoms with van der Waals surface area (Å²) >= 11 is 0. The van der Waals surface area contributed by atoms with E-state index in [1.165, 1.54) is 12.2 Å². The normalized spacial score (nSPS) is 13.8. The molecule has 0 aliphatic carbocycles. The molecule has 4 N–H and O–H groups in total. The standard InChI is InChI=1S/C12H16O8/c13-9(14)5-7(11(17)18)3-1-2-4-8(12(19)20)6-10(15)16/h1,3,7-8H,2,4-6H2,(H,13,14)(H,15,16)(H,17,18)(H,19,20). The summed E-state index contributed by atoms with van der Waals surface area (Å²) in [6.45, 7) is 0. The predicted molar refractivity (Wildman–Crippen MR) is 65.1 cm³/mol. The molecule has 0 saturated heterocycles. The molecule has 0 rings (SSSR count). The Hall–Kier alpha value is -2.38. The summed E-state index contributed by atoms with van der Waals surface area (Å²) in [6, 6.07) is 0. The van der Waals surface area contributed by atoms with E-state index in [0.717, 1.165) is 0 Å². The molecule has 0 fully saturated rings. The SMILES string of the molecule is O=C(O)CC(C=CCCC(CC(=O)O)C(=O)O)C(=O)O. The average Bonchev–Trinajstić information content (AvgIpc) is 2.29. The average molecular weight is 288 g/mol. The first-order chi connectivity index (χ1) is 9.23. The summed E-state index contributed by atoms with van der Waals surface area (Å²) in [7, 11) is 0. The molecule has 0 aliphatic rings. The molecule has 0 spiro atoms. The molecule has 20 heavy (non-hydrogen) atoms. The molecule has 0 heterocycles. The van der Waals surface area contributed by atoms with Gasteiger partial charge in [-0.1, -0.05) is 12.2 Å². The maximum absolute atomic E-state index is 10.8. The molecule has 0 amide bonds. The zero-order valence-electron chi connectivity index (χ0n) is 10.6. The van der Waals surface area contributed by atoms with E-state index in [9.17, 15) is 19.2 Å². The van der Waals surface area contributed by atoms with Crippen molar-refractivity contribution >= 4 is 23.9 Å². The van der Waals surface area contributed by atoms with Gasteiger partial charge in [0, 0.05) is 0 Å². The number of hydrogen-bond donors (Lipinski definition) is 4. The van der Waals surface area contributed by atoms with Crippen LogP contribution in [-0.2, 0) is 19.2 Å². The van der Waals surface area contributed by atoms with Gasteiger partial charge in [0.1, 0.15) is 0 Å². The van der Waals surface area contributed by atoms with Crippen LogP contribution in [0.1, 0.15) is 25.7 Å². The summed E-state index contributed by atoms with van der Waals surface area (Å²) in [5.41, 5.74) is 0. The molecule has 0 aromatic rings. The highest BCUT2D eigenvalue weighted by atomic mass is 16.4. The van der Waals surface area contributed by atoms with Gasteiger partial charge in [0.2, 0.25) is 0 Å². The third-order valence-electron chi connectivity index (χ3n) is 2.53. The maximum Gasteiger partial charge on any atom is 0.310 e. The van der Waals surface area contributed by atoms with Crippen molar-refractivity contribution in [1.82, 2.24) is 0 Å². The van der Waals surface area contributed by atoms with Crippen molar-refractivity contribution < 1.29 is 39.6 Å². The molecule has 112 valence electrons. The van der Waals surface area contributed by atoms with Gasteiger partial charge in [-0.15, -0.1) is 0 Å². The number of rotatable bonds is 10. The van der Waals surface area contributed by atoms with Crippen molar-refractivity contribution in [3.05, 3.63) is 12.2 Å². The van der Waals surface area contributed by atoms with E-state index in [1.807, 2.05) is 0 Å². The third kappa shape index (κ3) is 7.85. The van der Waals surface area contributed by atoms with Gasteiger partial charge in [0.25, 0.3) is 0 Å². The smallest absolute Gasteiger partial charge is 0.310 e. The van der Waals surface area contributed by atoms with Crippen molar-refractivity contribution in [1.29, 1.82) is 0 Å². The molecule has 2 unspecified atom stereocenters. The van der Waals surface area contributed by atoms with Gasteiger partial charge in [-0.25, -0.2) is 0 Å². The fraction of sp³-hybridized carbons (Fsp3) is 0.500. The van der Waals surface area contributed by atoms with Crippen LogP contribution in [-0.4, -0.2) is 44.3 Å². The first-order valence-corrected chi connectivity index (χ1v) is 5.80. The molecule has 0 radical (unpaired) electrons. The van der Waals surface area contributed by atoms with E-state index in [2.05, 4.69) is 0 Å². The Kier molecular flexibility index (Phi) is 7.64. The number of carboxylic acid groups (broad SMARTS) is 4.